The van der Waals surface area contributed by atoms with Crippen molar-refractivity contribution in [1.82, 2.24) is 0 Å². The van der Waals surface area contributed by atoms with Gasteiger partial charge in [0.25, 0.3) is 5.78 Å². The molecule has 0 amide bonds. The summed E-state index contributed by atoms with van der Waals surface area (Å²) in [4.78, 5) is 10.1. The number of rotatable bonds is 0. The summed E-state index contributed by atoms with van der Waals surface area (Å²) < 4.78 is 1.28. The van der Waals surface area contributed by atoms with Gasteiger partial charge in [-0.1, -0.05) is 0 Å². The zero-order valence-electron chi connectivity index (χ0n) is 3.59. The van der Waals surface area contributed by atoms with Gasteiger partial charge < -0.3 is 9.78 Å². The Hall–Kier alpha value is -0.830. The van der Waals surface area contributed by atoms with Crippen LogP contribution in [0.5, 0.6) is 0 Å². The first-order valence-corrected chi connectivity index (χ1v) is 1.87. The number of hydrogen-bond acceptors (Lipinski definition) is 2. The number of ketones is 1. The third-order valence-corrected chi connectivity index (χ3v) is 0.690. The van der Waals surface area contributed by atoms with Crippen LogP contribution in [0.2, 0.25) is 0 Å². The molecule has 0 fully saturated rings. The summed E-state index contributed by atoms with van der Waals surface area (Å²) in [6, 6.07) is 0. The van der Waals surface area contributed by atoms with Gasteiger partial charge in [0.05, 0.1) is 6.08 Å². The first kappa shape index (κ1) is 4.33. The van der Waals surface area contributed by atoms with Crippen LogP contribution in [0, 0.1) is 0 Å². The van der Waals surface area contributed by atoms with Crippen molar-refractivity contribution in [2.24, 2.45) is 0 Å². The second-order valence-corrected chi connectivity index (χ2v) is 1.29. The third kappa shape index (κ3) is 0.778. The third-order valence-electron chi connectivity index (χ3n) is 0.690. The fourth-order valence-corrected chi connectivity index (χ4v) is 0.388. The molecule has 0 atom stereocenters. The highest BCUT2D eigenvalue weighted by Gasteiger charge is 2.10. The van der Waals surface area contributed by atoms with E-state index in [0.717, 1.165) is 6.26 Å². The molecular formula is C4H4O3. The molecule has 0 aromatic carbocycles. The van der Waals surface area contributed by atoms with Crippen molar-refractivity contribution in [2.75, 3.05) is 6.61 Å². The minimum Gasteiger partial charge on any atom is -0.565 e. The molecular weight excluding hydrogens is 96.0 g/mol. The molecule has 0 aromatic rings. The van der Waals surface area contributed by atoms with Gasteiger partial charge in [0.2, 0.25) is 12.9 Å². The van der Waals surface area contributed by atoms with Gasteiger partial charge in [-0.25, -0.2) is 0 Å². The highest BCUT2D eigenvalue weighted by atomic mass is 17.2. The van der Waals surface area contributed by atoms with E-state index in [0.29, 0.717) is 0 Å². The summed E-state index contributed by atoms with van der Waals surface area (Å²) >= 11 is 0. The van der Waals surface area contributed by atoms with E-state index in [1.165, 1.54) is 10.6 Å². The molecule has 0 aromatic heterocycles. The molecule has 1 rings (SSSR count). The SMILES string of the molecule is O=C1C=C[O+]([O-])C1. The van der Waals surface area contributed by atoms with E-state index in [1.54, 1.807) is 0 Å². The zero-order valence-corrected chi connectivity index (χ0v) is 3.59. The molecule has 0 saturated heterocycles. The molecule has 0 N–H and O–H groups in total. The van der Waals surface area contributed by atoms with Gasteiger partial charge in [0.15, 0.2) is 0 Å². The summed E-state index contributed by atoms with van der Waals surface area (Å²) in [7, 11) is 0. The van der Waals surface area contributed by atoms with Gasteiger partial charge in [0, 0.05) is 0 Å². The van der Waals surface area contributed by atoms with E-state index in [4.69, 9.17) is 0 Å². The smallest absolute Gasteiger partial charge is 0.251 e. The van der Waals surface area contributed by atoms with E-state index in [2.05, 4.69) is 0 Å². The van der Waals surface area contributed by atoms with Gasteiger partial charge in [-0.05, 0) is 0 Å². The maximum absolute atomic E-state index is 10.1. The van der Waals surface area contributed by atoms with Crippen LogP contribution in [0.4, 0.5) is 0 Å². The summed E-state index contributed by atoms with van der Waals surface area (Å²) in [5.41, 5.74) is 0. The van der Waals surface area contributed by atoms with Crippen LogP contribution in [0.15, 0.2) is 12.3 Å². The molecule has 3 heteroatoms. The Kier molecular flexibility index (Phi) is 0.834. The quantitative estimate of drug-likeness (QED) is 0.287. The van der Waals surface area contributed by atoms with Crippen molar-refractivity contribution >= 4 is 5.78 Å². The molecule has 0 spiro atoms. The van der Waals surface area contributed by atoms with Crippen molar-refractivity contribution in [3.05, 3.63) is 12.3 Å². The molecule has 0 saturated carbocycles. The Labute approximate surface area is 40.5 Å². The monoisotopic (exact) mass is 100 g/mol. The van der Waals surface area contributed by atoms with Gasteiger partial charge in [-0.3, -0.25) is 4.79 Å². The zero-order chi connectivity index (χ0) is 5.28. The Morgan fingerprint density at radius 1 is 1.86 bits per heavy atom. The lowest BCUT2D eigenvalue weighted by Gasteiger charge is -2.13. The van der Waals surface area contributed by atoms with Gasteiger partial charge in [-0.2, -0.15) is 0 Å². The second kappa shape index (κ2) is 1.35. The summed E-state index contributed by atoms with van der Waals surface area (Å²) in [6.07, 6.45) is 2.38. The summed E-state index contributed by atoms with van der Waals surface area (Å²) in [5, 5.41) is 9.98. The van der Waals surface area contributed by atoms with Gasteiger partial charge in [0.1, 0.15) is 0 Å². The molecule has 38 valence electrons. The maximum Gasteiger partial charge on any atom is 0.251 e. The highest BCUT2D eigenvalue weighted by molar-refractivity contribution is 5.92. The molecule has 3 nitrogen and oxygen atoms in total. The van der Waals surface area contributed by atoms with E-state index >= 15 is 0 Å². The van der Waals surface area contributed by atoms with Crippen molar-refractivity contribution < 1.29 is 14.6 Å². The van der Waals surface area contributed by atoms with E-state index in [-0.39, 0.29) is 12.4 Å². The normalized spacial score (nSPS) is 19.0. The minimum absolute atomic E-state index is 0.0833. The van der Waals surface area contributed by atoms with Gasteiger partial charge in [-0.15, -0.1) is 0 Å². The van der Waals surface area contributed by atoms with Crippen molar-refractivity contribution in [1.29, 1.82) is 0 Å². The van der Waals surface area contributed by atoms with Crippen LogP contribution in [0.3, 0.4) is 0 Å². The fourth-order valence-electron chi connectivity index (χ4n) is 0.388. The fraction of sp³-hybridized carbons (Fsp3) is 0.250. The Bertz CT molecular complexity index is 116. The number of carbonyl (C=O) groups is 1. The molecule has 0 aliphatic carbocycles. The van der Waals surface area contributed by atoms with Crippen LogP contribution in [-0.2, 0) is 9.31 Å². The van der Waals surface area contributed by atoms with Crippen molar-refractivity contribution in [3.63, 3.8) is 0 Å². The molecule has 7 heavy (non-hydrogen) atoms. The van der Waals surface area contributed by atoms with Crippen LogP contribution in [0.1, 0.15) is 0 Å². The molecule has 1 heterocycles. The van der Waals surface area contributed by atoms with Crippen molar-refractivity contribution in [2.45, 2.75) is 0 Å². The lowest BCUT2D eigenvalue weighted by molar-refractivity contribution is -0.763. The van der Waals surface area contributed by atoms with Crippen LogP contribution < -0.4 is 5.26 Å². The van der Waals surface area contributed by atoms with Crippen LogP contribution in [-0.4, -0.2) is 12.4 Å². The molecule has 0 bridgehead atoms. The Morgan fingerprint density at radius 2 is 2.57 bits per heavy atom. The van der Waals surface area contributed by atoms with Crippen LogP contribution in [0.25, 0.3) is 0 Å². The molecule has 1 aliphatic heterocycles. The van der Waals surface area contributed by atoms with Crippen molar-refractivity contribution in [3.8, 4) is 0 Å². The predicted octanol–water partition coefficient (Wildman–Crippen LogP) is -1.09. The average molecular weight is 100 g/mol. The first-order valence-electron chi connectivity index (χ1n) is 1.87. The number of hydrogen-bond donors (Lipinski definition) is 0. The topological polar surface area (TPSA) is 42.8 Å². The lowest BCUT2D eigenvalue weighted by Crippen LogP contribution is -2.20. The largest absolute Gasteiger partial charge is 0.565 e. The highest BCUT2D eigenvalue weighted by Crippen LogP contribution is 1.96. The maximum atomic E-state index is 10.1. The summed E-state index contributed by atoms with van der Waals surface area (Å²) in [6.45, 7) is -0.0833. The lowest BCUT2D eigenvalue weighted by atomic mass is 10.5. The predicted molar refractivity (Wildman–Crippen MR) is 20.1 cm³/mol. The second-order valence-electron chi connectivity index (χ2n) is 1.29. The van der Waals surface area contributed by atoms with E-state index in [1.807, 2.05) is 0 Å². The molecule has 0 unspecified atom stereocenters. The van der Waals surface area contributed by atoms with Crippen LogP contribution >= 0.6 is 0 Å². The Balaban J connectivity index is 2.58. The van der Waals surface area contributed by atoms with E-state index in [9.17, 15) is 10.1 Å². The Morgan fingerprint density at radius 3 is 2.71 bits per heavy atom. The summed E-state index contributed by atoms with van der Waals surface area (Å²) in [5.74, 6) is -0.153. The molecule has 0 radical (unpaired) electrons. The van der Waals surface area contributed by atoms with E-state index < -0.39 is 0 Å². The molecule has 1 aliphatic rings. The average Bonchev–Trinajstić information content (AvgIpc) is 1.87. The van der Waals surface area contributed by atoms with Gasteiger partial charge >= 0.3 is 0 Å². The minimum atomic E-state index is -0.153. The first-order chi connectivity index (χ1) is 3.29. The standard InChI is InChI=1S/C4H4O3/c5-4-1-2-7(6)3-4/h1-2H,3H2. The number of carbonyl (C=O) groups excluding carboxylic acids is 1.